The van der Waals surface area contributed by atoms with E-state index in [2.05, 4.69) is 15.2 Å². The molecule has 2 amide bonds. The highest BCUT2D eigenvalue weighted by atomic mass is 16.2. The van der Waals surface area contributed by atoms with E-state index in [9.17, 15) is 14.4 Å². The summed E-state index contributed by atoms with van der Waals surface area (Å²) in [4.78, 5) is 43.8. The van der Waals surface area contributed by atoms with E-state index < -0.39 is 5.91 Å². The minimum atomic E-state index is -0.390. The lowest BCUT2D eigenvalue weighted by Crippen LogP contribution is -2.51. The number of aryl methyl sites for hydroxylation is 1. The Morgan fingerprint density at radius 3 is 2.38 bits per heavy atom. The van der Waals surface area contributed by atoms with Gasteiger partial charge in [0.15, 0.2) is 5.69 Å². The number of hydrogen-bond acceptors (Lipinski definition) is 4. The maximum Gasteiger partial charge on any atom is 0.278 e. The van der Waals surface area contributed by atoms with Crippen LogP contribution in [-0.4, -0.2) is 63.0 Å². The number of carbonyl (C=O) groups excluding carboxylic acids is 2. The van der Waals surface area contributed by atoms with Gasteiger partial charge in [-0.2, -0.15) is 5.10 Å². The predicted molar refractivity (Wildman–Crippen MR) is 94.2 cm³/mol. The van der Waals surface area contributed by atoms with E-state index >= 15 is 0 Å². The summed E-state index contributed by atoms with van der Waals surface area (Å²) in [5, 5.41) is 6.54. The molecule has 0 aromatic carbocycles. The Kier molecular flexibility index (Phi) is 4.10. The molecule has 1 saturated carbocycles. The second-order valence-corrected chi connectivity index (χ2v) is 6.93. The number of nitrogens with one attached hydrogen (secondary N) is 2. The van der Waals surface area contributed by atoms with Gasteiger partial charge < -0.3 is 14.8 Å². The van der Waals surface area contributed by atoms with Gasteiger partial charge in [0.2, 0.25) is 5.43 Å². The average molecular weight is 355 g/mol. The quantitative estimate of drug-likeness (QED) is 0.853. The van der Waals surface area contributed by atoms with E-state index in [-0.39, 0.29) is 17.0 Å². The number of piperazine rings is 1. The summed E-state index contributed by atoms with van der Waals surface area (Å²) in [7, 11) is 0. The maximum absolute atomic E-state index is 12.8. The first-order valence-electron chi connectivity index (χ1n) is 8.86. The van der Waals surface area contributed by atoms with Crippen LogP contribution in [0.5, 0.6) is 0 Å². The molecule has 2 fully saturated rings. The van der Waals surface area contributed by atoms with Crippen LogP contribution in [0.25, 0.3) is 0 Å². The lowest BCUT2D eigenvalue weighted by Gasteiger charge is -2.34. The molecule has 0 unspecified atom stereocenters. The topological polar surface area (TPSA) is 102 Å². The molecule has 136 valence electrons. The van der Waals surface area contributed by atoms with Gasteiger partial charge in [-0.15, -0.1) is 0 Å². The van der Waals surface area contributed by atoms with Gasteiger partial charge in [-0.05, 0) is 31.7 Å². The Morgan fingerprint density at radius 1 is 1.12 bits per heavy atom. The monoisotopic (exact) mass is 355 g/mol. The van der Waals surface area contributed by atoms with Crippen molar-refractivity contribution < 1.29 is 9.59 Å². The molecule has 26 heavy (non-hydrogen) atoms. The van der Waals surface area contributed by atoms with Crippen molar-refractivity contribution in [2.75, 3.05) is 26.2 Å². The lowest BCUT2D eigenvalue weighted by molar-refractivity contribution is 0.0530. The number of rotatable bonds is 3. The van der Waals surface area contributed by atoms with Crippen LogP contribution in [0, 0.1) is 6.92 Å². The molecular weight excluding hydrogens is 334 g/mol. The fourth-order valence-electron chi connectivity index (χ4n) is 3.36. The molecule has 0 radical (unpaired) electrons. The van der Waals surface area contributed by atoms with Crippen LogP contribution in [-0.2, 0) is 0 Å². The zero-order valence-corrected chi connectivity index (χ0v) is 14.6. The second kappa shape index (κ2) is 6.44. The highest BCUT2D eigenvalue weighted by Crippen LogP contribution is 2.41. The van der Waals surface area contributed by atoms with Crippen LogP contribution >= 0.6 is 0 Å². The molecule has 1 saturated heterocycles. The highest BCUT2D eigenvalue weighted by molar-refractivity contribution is 5.96. The van der Waals surface area contributed by atoms with Crippen LogP contribution in [0.2, 0.25) is 0 Å². The van der Waals surface area contributed by atoms with Gasteiger partial charge in [0.25, 0.3) is 11.8 Å². The SMILES string of the molecule is Cc1cc(=O)c(C(=O)N2CCN(C(=O)c3cc[nH]c3C3CC3)CC2)n[nH]1. The Hall–Kier alpha value is -2.90. The molecular formula is C18H21N5O3. The van der Waals surface area contributed by atoms with E-state index in [4.69, 9.17) is 0 Å². The Morgan fingerprint density at radius 2 is 1.77 bits per heavy atom. The van der Waals surface area contributed by atoms with Crippen molar-refractivity contribution in [3.63, 3.8) is 0 Å². The van der Waals surface area contributed by atoms with Gasteiger partial charge in [0.05, 0.1) is 5.56 Å². The first-order valence-corrected chi connectivity index (χ1v) is 8.86. The molecule has 0 atom stereocenters. The normalized spacial score (nSPS) is 17.4. The molecule has 1 aliphatic heterocycles. The van der Waals surface area contributed by atoms with Crippen molar-refractivity contribution in [3.05, 3.63) is 51.2 Å². The number of carbonyl (C=O) groups is 2. The Balaban J connectivity index is 1.42. The number of amides is 2. The van der Waals surface area contributed by atoms with Crippen molar-refractivity contribution in [2.45, 2.75) is 25.7 Å². The van der Waals surface area contributed by atoms with Crippen molar-refractivity contribution in [1.29, 1.82) is 0 Å². The number of aromatic nitrogens is 3. The molecule has 8 nitrogen and oxygen atoms in total. The largest absolute Gasteiger partial charge is 0.364 e. The third-order valence-corrected chi connectivity index (χ3v) is 4.98. The molecule has 0 bridgehead atoms. The summed E-state index contributed by atoms with van der Waals surface area (Å²) in [6.07, 6.45) is 4.07. The Labute approximate surface area is 150 Å². The summed E-state index contributed by atoms with van der Waals surface area (Å²) in [5.74, 6) is 0.0939. The van der Waals surface area contributed by atoms with E-state index in [1.54, 1.807) is 16.7 Å². The number of hydrogen-bond donors (Lipinski definition) is 2. The van der Waals surface area contributed by atoms with Crippen LogP contribution in [0.3, 0.4) is 0 Å². The van der Waals surface area contributed by atoms with Crippen LogP contribution in [0.15, 0.2) is 23.1 Å². The summed E-state index contributed by atoms with van der Waals surface area (Å²) in [5.41, 5.74) is 1.90. The van der Waals surface area contributed by atoms with E-state index in [0.29, 0.717) is 37.8 Å². The molecule has 1 aliphatic carbocycles. The standard InChI is InChI=1S/C18H21N5O3/c1-11-10-14(24)16(21-20-11)18(26)23-8-6-22(7-9-23)17(25)13-4-5-19-15(13)12-2-3-12/h4-5,10,12,19H,2-3,6-9H2,1H3,(H,20,24). The van der Waals surface area contributed by atoms with E-state index in [1.807, 2.05) is 12.3 Å². The number of nitrogens with zero attached hydrogens (tertiary/aromatic N) is 3. The number of H-pyrrole nitrogens is 2. The van der Waals surface area contributed by atoms with Gasteiger partial charge in [-0.1, -0.05) is 0 Å². The third-order valence-electron chi connectivity index (χ3n) is 4.98. The molecule has 2 aromatic rings. The summed E-state index contributed by atoms with van der Waals surface area (Å²) in [6.45, 7) is 3.39. The fourth-order valence-corrected chi connectivity index (χ4v) is 3.36. The minimum absolute atomic E-state index is 0.00607. The van der Waals surface area contributed by atoms with Gasteiger partial charge in [0, 0.05) is 49.8 Å². The summed E-state index contributed by atoms with van der Waals surface area (Å²) in [6, 6.07) is 3.20. The molecule has 0 spiro atoms. The fraction of sp³-hybridized carbons (Fsp3) is 0.444. The Bertz CT molecular complexity index is 904. The molecule has 2 aromatic heterocycles. The maximum atomic E-state index is 12.8. The van der Waals surface area contributed by atoms with Crippen molar-refractivity contribution in [2.24, 2.45) is 0 Å². The molecule has 8 heteroatoms. The number of aromatic amines is 2. The zero-order valence-electron chi connectivity index (χ0n) is 14.6. The molecule has 2 aliphatic rings. The third kappa shape index (κ3) is 3.02. The van der Waals surface area contributed by atoms with Gasteiger partial charge >= 0.3 is 0 Å². The van der Waals surface area contributed by atoms with E-state index in [0.717, 1.165) is 24.1 Å². The van der Waals surface area contributed by atoms with Crippen molar-refractivity contribution in [1.82, 2.24) is 25.0 Å². The van der Waals surface area contributed by atoms with Gasteiger partial charge in [-0.25, -0.2) is 0 Å². The highest BCUT2D eigenvalue weighted by Gasteiger charge is 2.32. The predicted octanol–water partition coefficient (Wildman–Crippen LogP) is 0.882. The molecule has 3 heterocycles. The smallest absolute Gasteiger partial charge is 0.278 e. The minimum Gasteiger partial charge on any atom is -0.364 e. The first-order chi connectivity index (χ1) is 12.5. The average Bonchev–Trinajstić information content (AvgIpc) is 3.37. The summed E-state index contributed by atoms with van der Waals surface area (Å²) >= 11 is 0. The van der Waals surface area contributed by atoms with Crippen LogP contribution < -0.4 is 5.43 Å². The van der Waals surface area contributed by atoms with Gasteiger partial charge in [-0.3, -0.25) is 19.5 Å². The molecule has 4 rings (SSSR count). The second-order valence-electron chi connectivity index (χ2n) is 6.93. The van der Waals surface area contributed by atoms with Gasteiger partial charge in [0.1, 0.15) is 0 Å². The van der Waals surface area contributed by atoms with E-state index in [1.165, 1.54) is 6.07 Å². The summed E-state index contributed by atoms with van der Waals surface area (Å²) < 4.78 is 0. The van der Waals surface area contributed by atoms with Crippen molar-refractivity contribution in [3.8, 4) is 0 Å². The molecule has 2 N–H and O–H groups in total. The lowest BCUT2D eigenvalue weighted by atomic mass is 10.1. The van der Waals surface area contributed by atoms with Crippen LogP contribution in [0.1, 0.15) is 51.0 Å². The van der Waals surface area contributed by atoms with Crippen LogP contribution in [0.4, 0.5) is 0 Å². The first kappa shape index (κ1) is 16.6. The van der Waals surface area contributed by atoms with Crippen molar-refractivity contribution >= 4 is 11.8 Å². The zero-order chi connectivity index (χ0) is 18.3.